The van der Waals surface area contributed by atoms with E-state index in [1.165, 1.54) is 24.9 Å². The minimum atomic E-state index is -1.09. The second-order valence-electron chi connectivity index (χ2n) is 8.01. The van der Waals surface area contributed by atoms with Crippen LogP contribution < -0.4 is 10.1 Å². The first-order valence-corrected chi connectivity index (χ1v) is 12.1. The second kappa shape index (κ2) is 10.8. The van der Waals surface area contributed by atoms with E-state index < -0.39 is 17.4 Å². The molecule has 1 unspecified atom stereocenters. The van der Waals surface area contributed by atoms with E-state index in [2.05, 4.69) is 40.0 Å². The molecule has 2 aromatic heterocycles. The van der Waals surface area contributed by atoms with Gasteiger partial charge >= 0.3 is 0 Å². The van der Waals surface area contributed by atoms with Crippen molar-refractivity contribution < 1.29 is 19.1 Å². The molecule has 9 nitrogen and oxygen atoms in total. The number of carbonyl (C=O) groups excluding carboxylic acids is 3. The summed E-state index contributed by atoms with van der Waals surface area (Å²) in [4.78, 5) is 48.0. The minimum Gasteiger partial charge on any atom is -0.480 e. The fraction of sp³-hybridized carbons (Fsp3) is 0.250. The average molecular weight is 510 g/mol. The van der Waals surface area contributed by atoms with Gasteiger partial charge in [0.25, 0.3) is 17.6 Å². The molecule has 1 saturated heterocycles. The Bertz CT molecular complexity index is 1260. The highest BCUT2D eigenvalue weighted by Gasteiger charge is 2.31. The van der Waals surface area contributed by atoms with E-state index in [1.54, 1.807) is 10.3 Å². The van der Waals surface area contributed by atoms with Gasteiger partial charge < -0.3 is 9.64 Å². The van der Waals surface area contributed by atoms with Gasteiger partial charge in [-0.05, 0) is 30.4 Å². The number of benzene rings is 1. The molecule has 3 heterocycles. The Morgan fingerprint density at radius 3 is 2.71 bits per heavy atom. The van der Waals surface area contributed by atoms with Crippen LogP contribution in [-0.2, 0) is 16.0 Å². The first-order valence-electron chi connectivity index (χ1n) is 10.8. The van der Waals surface area contributed by atoms with Gasteiger partial charge in [-0.1, -0.05) is 30.3 Å². The van der Waals surface area contributed by atoms with Crippen LogP contribution in [0.1, 0.15) is 27.9 Å². The number of rotatable bonds is 8. The number of ether oxygens (including phenoxy) is 1. The summed E-state index contributed by atoms with van der Waals surface area (Å²) >= 11 is 5.40. The van der Waals surface area contributed by atoms with Crippen molar-refractivity contribution in [3.63, 3.8) is 0 Å². The lowest BCUT2D eigenvalue weighted by atomic mass is 9.99. The summed E-state index contributed by atoms with van der Waals surface area (Å²) in [6, 6.07) is 11.5. The summed E-state index contributed by atoms with van der Waals surface area (Å²) in [5.74, 6) is -2.05. The lowest BCUT2D eigenvalue weighted by molar-refractivity contribution is -0.130. The Morgan fingerprint density at radius 2 is 2.03 bits per heavy atom. The Labute approximate surface area is 211 Å². The van der Waals surface area contributed by atoms with E-state index in [0.29, 0.717) is 19.0 Å². The van der Waals surface area contributed by atoms with Gasteiger partial charge in [-0.15, -0.1) is 24.0 Å². The summed E-state index contributed by atoms with van der Waals surface area (Å²) in [7, 11) is 1.38. The molecular weight excluding hydrogens is 486 g/mol. The predicted molar refractivity (Wildman–Crippen MR) is 135 cm³/mol. The molecule has 1 aliphatic rings. The van der Waals surface area contributed by atoms with Crippen LogP contribution in [0.15, 0.2) is 53.0 Å². The number of Topliss-reactive ketones (excluding diaryl/α,β-unsaturated/α-hetero) is 1. The molecule has 180 valence electrons. The number of likely N-dealkylation sites (tertiary alicyclic amines) is 1. The number of nitrogens with zero attached hydrogens (tertiary/aromatic N) is 3. The fourth-order valence-corrected chi connectivity index (χ4v) is 4.75. The number of thiazole rings is 1. The lowest BCUT2D eigenvalue weighted by Crippen LogP contribution is -2.32. The van der Waals surface area contributed by atoms with Crippen LogP contribution in [0, 0.1) is 11.3 Å². The van der Waals surface area contributed by atoms with Gasteiger partial charge in [0.05, 0.1) is 7.11 Å². The van der Waals surface area contributed by atoms with Crippen molar-refractivity contribution in [2.24, 2.45) is 5.92 Å². The molecule has 1 aromatic carbocycles. The standard InChI is InChI=1S/C24H23N5O4S2/c1-33-21-17(23(32)29-9-7-15(13-29)11-14-5-3-2-4-6-14)12-16(22(34)28-21)18(25)19(30)20(31)27-24-26-8-10-35-24/h2-6,8,10,12,15,25H,7,9,11,13H2,1H3,(H,28,34)(H,26,27,31). The van der Waals surface area contributed by atoms with Crippen molar-refractivity contribution in [1.29, 1.82) is 5.41 Å². The molecule has 1 fully saturated rings. The minimum absolute atomic E-state index is 0.00201. The highest BCUT2D eigenvalue weighted by molar-refractivity contribution is 7.80. The maximum absolute atomic E-state index is 13.4. The van der Waals surface area contributed by atoms with Crippen LogP contribution in [0.5, 0.6) is 5.88 Å². The molecule has 0 radical (unpaired) electrons. The Kier molecular flexibility index (Phi) is 7.57. The van der Waals surface area contributed by atoms with Crippen molar-refractivity contribution in [3.05, 3.63) is 64.7 Å². The third-order valence-corrected chi connectivity index (χ3v) is 6.72. The average Bonchev–Trinajstić information content (AvgIpc) is 3.55. The summed E-state index contributed by atoms with van der Waals surface area (Å²) in [6.07, 6.45) is 3.21. The molecule has 11 heteroatoms. The summed E-state index contributed by atoms with van der Waals surface area (Å²) in [5, 5.41) is 12.5. The quantitative estimate of drug-likeness (QED) is 0.243. The van der Waals surface area contributed by atoms with Gasteiger partial charge in [-0.2, -0.15) is 0 Å². The van der Waals surface area contributed by atoms with Gasteiger partial charge in [-0.3, -0.25) is 25.1 Å². The molecule has 2 N–H and O–H groups in total. The number of ketones is 1. The molecular formula is C24H23N5O4S2. The predicted octanol–water partition coefficient (Wildman–Crippen LogP) is 3.12. The zero-order chi connectivity index (χ0) is 24.9. The number of methoxy groups -OCH3 is 1. The molecule has 0 spiro atoms. The van der Waals surface area contributed by atoms with Crippen LogP contribution in [0.2, 0.25) is 0 Å². The van der Waals surface area contributed by atoms with E-state index in [4.69, 9.17) is 10.1 Å². The monoisotopic (exact) mass is 509 g/mol. The van der Waals surface area contributed by atoms with Crippen molar-refractivity contribution in [2.45, 2.75) is 17.9 Å². The van der Waals surface area contributed by atoms with Gasteiger partial charge in [0, 0.05) is 30.2 Å². The van der Waals surface area contributed by atoms with E-state index >= 15 is 0 Å². The largest absolute Gasteiger partial charge is 0.480 e. The lowest BCUT2D eigenvalue weighted by Gasteiger charge is -2.19. The molecule has 1 atom stereocenters. The summed E-state index contributed by atoms with van der Waals surface area (Å²) in [5.41, 5.74) is 0.669. The molecule has 3 aromatic rings. The van der Waals surface area contributed by atoms with E-state index in [-0.39, 0.29) is 33.1 Å². The third kappa shape index (κ3) is 5.57. The van der Waals surface area contributed by atoms with Crippen molar-refractivity contribution in [2.75, 3.05) is 25.5 Å². The van der Waals surface area contributed by atoms with Crippen LogP contribution in [-0.4, -0.2) is 58.4 Å². The van der Waals surface area contributed by atoms with Crippen molar-refractivity contribution >= 4 is 52.4 Å². The number of carbonyl (C=O) groups is 3. The normalized spacial score (nSPS) is 15.0. The fourth-order valence-electron chi connectivity index (χ4n) is 3.96. The van der Waals surface area contributed by atoms with Crippen LogP contribution in [0.3, 0.4) is 0 Å². The molecule has 0 bridgehead atoms. The number of hydrogen-bond donors (Lipinski definition) is 3. The van der Waals surface area contributed by atoms with Crippen molar-refractivity contribution in [3.8, 4) is 5.88 Å². The number of amides is 2. The number of thiol groups is 1. The van der Waals surface area contributed by atoms with Gasteiger partial charge in [0.1, 0.15) is 16.3 Å². The van der Waals surface area contributed by atoms with E-state index in [9.17, 15) is 14.4 Å². The number of aromatic nitrogens is 2. The van der Waals surface area contributed by atoms with Gasteiger partial charge in [0.15, 0.2) is 5.13 Å². The zero-order valence-corrected chi connectivity index (χ0v) is 20.6. The van der Waals surface area contributed by atoms with Gasteiger partial charge in [-0.25, -0.2) is 9.97 Å². The Hall–Kier alpha value is -3.57. The first-order chi connectivity index (χ1) is 16.9. The van der Waals surface area contributed by atoms with E-state index in [1.807, 2.05) is 18.2 Å². The zero-order valence-electron chi connectivity index (χ0n) is 18.9. The highest BCUT2D eigenvalue weighted by atomic mass is 32.1. The smallest absolute Gasteiger partial charge is 0.300 e. The summed E-state index contributed by atoms with van der Waals surface area (Å²) < 4.78 is 5.29. The van der Waals surface area contributed by atoms with Gasteiger partial charge in [0.2, 0.25) is 5.88 Å². The molecule has 4 rings (SSSR count). The molecule has 0 aliphatic carbocycles. The molecule has 1 aliphatic heterocycles. The Balaban J connectivity index is 1.52. The second-order valence-corrected chi connectivity index (χ2v) is 9.33. The topological polar surface area (TPSA) is 125 Å². The van der Waals surface area contributed by atoms with Crippen molar-refractivity contribution in [1.82, 2.24) is 14.9 Å². The summed E-state index contributed by atoms with van der Waals surface area (Å²) in [6.45, 7) is 1.14. The van der Waals surface area contributed by atoms with E-state index in [0.717, 1.165) is 24.2 Å². The highest BCUT2D eigenvalue weighted by Crippen LogP contribution is 2.28. The SMILES string of the molecule is COc1nc(S)c(C(=N)C(=O)C(=O)Nc2nccs2)cc1C(=O)N1CCC(Cc2ccccc2)C1. The maximum atomic E-state index is 13.4. The Morgan fingerprint density at radius 1 is 1.26 bits per heavy atom. The molecule has 35 heavy (non-hydrogen) atoms. The number of pyridine rings is 1. The number of anilines is 1. The molecule has 2 amide bonds. The number of nitrogens with one attached hydrogen (secondary N) is 2. The third-order valence-electron chi connectivity index (χ3n) is 5.69. The van der Waals surface area contributed by atoms with Crippen LogP contribution in [0.4, 0.5) is 5.13 Å². The molecule has 0 saturated carbocycles. The number of hydrogen-bond acceptors (Lipinski definition) is 9. The van der Waals surface area contributed by atoms with Crippen LogP contribution in [0.25, 0.3) is 0 Å². The maximum Gasteiger partial charge on any atom is 0.300 e. The van der Waals surface area contributed by atoms with Crippen LogP contribution >= 0.6 is 24.0 Å². The first kappa shape index (κ1) is 24.6.